The number of hydrogen-bond donors (Lipinski definition) is 2. The van der Waals surface area contributed by atoms with Crippen LogP contribution in [0.25, 0.3) is 0 Å². The fraction of sp³-hybridized carbons (Fsp3) is 0.923. The molecule has 17 heavy (non-hydrogen) atoms. The molecule has 3 rings (SSSR count). The first kappa shape index (κ1) is 11.3. The Kier molecular flexibility index (Phi) is 2.77. The highest BCUT2D eigenvalue weighted by Crippen LogP contribution is 2.51. The van der Waals surface area contributed by atoms with Crippen LogP contribution in [0.1, 0.15) is 44.9 Å². The van der Waals surface area contributed by atoms with Crippen LogP contribution in [0.5, 0.6) is 0 Å². The molecule has 1 spiro atoms. The zero-order valence-corrected chi connectivity index (χ0v) is 10.3. The van der Waals surface area contributed by atoms with Crippen LogP contribution in [0.4, 0.5) is 4.79 Å². The van der Waals surface area contributed by atoms with Crippen molar-refractivity contribution in [2.24, 2.45) is 5.41 Å². The molecule has 2 unspecified atom stereocenters. The van der Waals surface area contributed by atoms with Crippen molar-refractivity contribution in [2.75, 3.05) is 13.1 Å². The zero-order chi connectivity index (χ0) is 11.9. The van der Waals surface area contributed by atoms with Crippen LogP contribution in [0.3, 0.4) is 0 Å². The standard InChI is InChI=1S/C13H22N2O2/c16-10-3-6-13(4-1-2-5-13)11(9-10)15-8-7-14-12(15)17/h10-11,16H,1-9H2,(H,14,17). The van der Waals surface area contributed by atoms with E-state index in [2.05, 4.69) is 5.32 Å². The van der Waals surface area contributed by atoms with E-state index in [1.807, 2.05) is 4.90 Å². The molecule has 0 radical (unpaired) electrons. The molecular weight excluding hydrogens is 216 g/mol. The molecule has 4 nitrogen and oxygen atoms in total. The number of rotatable bonds is 1. The average molecular weight is 238 g/mol. The minimum Gasteiger partial charge on any atom is -0.393 e. The number of urea groups is 1. The molecule has 0 aromatic rings. The molecule has 0 aromatic carbocycles. The van der Waals surface area contributed by atoms with Crippen molar-refractivity contribution in [2.45, 2.75) is 57.1 Å². The molecule has 2 amide bonds. The highest BCUT2D eigenvalue weighted by Gasteiger charge is 2.49. The summed E-state index contributed by atoms with van der Waals surface area (Å²) >= 11 is 0. The largest absolute Gasteiger partial charge is 0.393 e. The van der Waals surface area contributed by atoms with Crippen LogP contribution < -0.4 is 5.32 Å². The summed E-state index contributed by atoms with van der Waals surface area (Å²) in [5, 5.41) is 12.8. The number of aliphatic hydroxyl groups is 1. The second kappa shape index (κ2) is 4.16. The Bertz CT molecular complexity index is 313. The van der Waals surface area contributed by atoms with Crippen molar-refractivity contribution in [3.63, 3.8) is 0 Å². The maximum Gasteiger partial charge on any atom is 0.317 e. The highest BCUT2D eigenvalue weighted by atomic mass is 16.3. The number of nitrogens with one attached hydrogen (secondary N) is 1. The van der Waals surface area contributed by atoms with Crippen molar-refractivity contribution < 1.29 is 9.90 Å². The summed E-state index contributed by atoms with van der Waals surface area (Å²) in [4.78, 5) is 13.8. The predicted molar refractivity (Wildman–Crippen MR) is 64.7 cm³/mol. The maximum absolute atomic E-state index is 11.9. The second-order valence-electron chi connectivity index (χ2n) is 5.94. The van der Waals surface area contributed by atoms with Gasteiger partial charge in [0.15, 0.2) is 0 Å². The van der Waals surface area contributed by atoms with Gasteiger partial charge in [0.25, 0.3) is 0 Å². The van der Waals surface area contributed by atoms with E-state index < -0.39 is 0 Å². The molecular formula is C13H22N2O2. The van der Waals surface area contributed by atoms with E-state index in [9.17, 15) is 9.90 Å². The van der Waals surface area contributed by atoms with Gasteiger partial charge in [-0.1, -0.05) is 12.8 Å². The van der Waals surface area contributed by atoms with E-state index in [0.29, 0.717) is 5.41 Å². The highest BCUT2D eigenvalue weighted by molar-refractivity contribution is 5.76. The van der Waals surface area contributed by atoms with Crippen LogP contribution in [-0.4, -0.2) is 41.3 Å². The third kappa shape index (κ3) is 1.82. The van der Waals surface area contributed by atoms with Gasteiger partial charge in [0.05, 0.1) is 6.10 Å². The number of carbonyl (C=O) groups excluding carboxylic acids is 1. The van der Waals surface area contributed by atoms with Gasteiger partial charge >= 0.3 is 6.03 Å². The first-order chi connectivity index (χ1) is 8.21. The van der Waals surface area contributed by atoms with Crippen LogP contribution in [-0.2, 0) is 0 Å². The van der Waals surface area contributed by atoms with Gasteiger partial charge in [-0.25, -0.2) is 4.79 Å². The Morgan fingerprint density at radius 1 is 1.29 bits per heavy atom. The number of amides is 2. The molecule has 2 atom stereocenters. The lowest BCUT2D eigenvalue weighted by atomic mass is 9.67. The predicted octanol–water partition coefficient (Wildman–Crippen LogP) is 1.49. The van der Waals surface area contributed by atoms with E-state index in [1.54, 1.807) is 0 Å². The molecule has 1 heterocycles. The van der Waals surface area contributed by atoms with Crippen LogP contribution >= 0.6 is 0 Å². The first-order valence-electron chi connectivity index (χ1n) is 6.94. The Balaban J connectivity index is 1.84. The van der Waals surface area contributed by atoms with E-state index in [-0.39, 0.29) is 18.2 Å². The lowest BCUT2D eigenvalue weighted by molar-refractivity contribution is -0.00427. The third-order valence-corrected chi connectivity index (χ3v) is 5.04. The molecule has 2 N–H and O–H groups in total. The monoisotopic (exact) mass is 238 g/mol. The van der Waals surface area contributed by atoms with Gasteiger partial charge in [-0.05, 0) is 37.5 Å². The summed E-state index contributed by atoms with van der Waals surface area (Å²) in [5.41, 5.74) is 0.320. The molecule has 0 aromatic heterocycles. The number of aliphatic hydroxyl groups excluding tert-OH is 1. The summed E-state index contributed by atoms with van der Waals surface area (Å²) in [6.07, 6.45) is 7.67. The van der Waals surface area contributed by atoms with Gasteiger partial charge in [-0.3, -0.25) is 0 Å². The Morgan fingerprint density at radius 3 is 2.71 bits per heavy atom. The lowest BCUT2D eigenvalue weighted by Gasteiger charge is -2.47. The summed E-state index contributed by atoms with van der Waals surface area (Å²) in [6, 6.07) is 0.353. The molecule has 1 aliphatic heterocycles. The molecule has 2 aliphatic carbocycles. The molecule has 96 valence electrons. The molecule has 3 aliphatic rings. The first-order valence-corrected chi connectivity index (χ1v) is 6.94. The number of hydrogen-bond acceptors (Lipinski definition) is 2. The van der Waals surface area contributed by atoms with Gasteiger partial charge in [0.2, 0.25) is 0 Å². The molecule has 3 fully saturated rings. The zero-order valence-electron chi connectivity index (χ0n) is 10.3. The normalized spacial score (nSPS) is 36.5. The minimum atomic E-state index is -0.209. The van der Waals surface area contributed by atoms with Crippen LogP contribution in [0.15, 0.2) is 0 Å². The molecule has 4 heteroatoms. The topological polar surface area (TPSA) is 52.6 Å². The van der Waals surface area contributed by atoms with Gasteiger partial charge in [-0.2, -0.15) is 0 Å². The Labute approximate surface area is 102 Å². The number of nitrogens with zero attached hydrogens (tertiary/aromatic N) is 1. The van der Waals surface area contributed by atoms with Gasteiger partial charge in [0.1, 0.15) is 0 Å². The smallest absolute Gasteiger partial charge is 0.317 e. The van der Waals surface area contributed by atoms with E-state index in [0.717, 1.165) is 32.4 Å². The van der Waals surface area contributed by atoms with Crippen molar-refractivity contribution in [3.8, 4) is 0 Å². The van der Waals surface area contributed by atoms with E-state index in [4.69, 9.17) is 0 Å². The average Bonchev–Trinajstić information content (AvgIpc) is 2.93. The van der Waals surface area contributed by atoms with Crippen molar-refractivity contribution in [1.82, 2.24) is 10.2 Å². The third-order valence-electron chi connectivity index (χ3n) is 5.04. The van der Waals surface area contributed by atoms with Gasteiger partial charge in [-0.15, -0.1) is 0 Å². The molecule has 0 bridgehead atoms. The summed E-state index contributed by atoms with van der Waals surface area (Å²) in [5.74, 6) is 0. The van der Waals surface area contributed by atoms with Crippen molar-refractivity contribution in [3.05, 3.63) is 0 Å². The Morgan fingerprint density at radius 2 is 2.06 bits per heavy atom. The quantitative estimate of drug-likeness (QED) is 0.727. The fourth-order valence-corrected chi connectivity index (χ4v) is 4.15. The van der Waals surface area contributed by atoms with Crippen molar-refractivity contribution >= 4 is 6.03 Å². The maximum atomic E-state index is 11.9. The summed E-state index contributed by atoms with van der Waals surface area (Å²) in [7, 11) is 0. The van der Waals surface area contributed by atoms with E-state index >= 15 is 0 Å². The summed E-state index contributed by atoms with van der Waals surface area (Å²) < 4.78 is 0. The molecule has 2 saturated carbocycles. The molecule has 1 saturated heterocycles. The lowest BCUT2D eigenvalue weighted by Crippen LogP contribution is -2.52. The van der Waals surface area contributed by atoms with Crippen molar-refractivity contribution in [1.29, 1.82) is 0 Å². The SMILES string of the molecule is O=C1NCCN1C1CC(O)CCC12CCCC2. The van der Waals surface area contributed by atoms with Crippen LogP contribution in [0.2, 0.25) is 0 Å². The van der Waals surface area contributed by atoms with Gasteiger partial charge < -0.3 is 15.3 Å². The fourth-order valence-electron chi connectivity index (χ4n) is 4.15. The van der Waals surface area contributed by atoms with Crippen LogP contribution in [0, 0.1) is 5.41 Å². The minimum absolute atomic E-state index is 0.0791. The van der Waals surface area contributed by atoms with E-state index in [1.165, 1.54) is 25.7 Å². The number of carbonyl (C=O) groups is 1. The summed E-state index contributed by atoms with van der Waals surface area (Å²) in [6.45, 7) is 1.58. The Hall–Kier alpha value is -0.770. The van der Waals surface area contributed by atoms with Gasteiger partial charge in [0, 0.05) is 19.1 Å². The second-order valence-corrected chi connectivity index (χ2v) is 5.94.